The van der Waals surface area contributed by atoms with E-state index in [4.69, 9.17) is 0 Å². The summed E-state index contributed by atoms with van der Waals surface area (Å²) >= 11 is 0. The highest BCUT2D eigenvalue weighted by molar-refractivity contribution is 6.08. The third-order valence-corrected chi connectivity index (χ3v) is 3.60. The summed E-state index contributed by atoms with van der Waals surface area (Å²) in [6.07, 6.45) is 0.976. The van der Waals surface area contributed by atoms with Crippen LogP contribution in [0.3, 0.4) is 0 Å². The molecule has 1 aliphatic heterocycles. The molecule has 0 radical (unpaired) electrons. The topological polar surface area (TPSA) is 81.6 Å². The Morgan fingerprint density at radius 2 is 1.86 bits per heavy atom. The summed E-state index contributed by atoms with van der Waals surface area (Å²) in [6.45, 7) is 1.74. The Bertz CT molecular complexity index is 678. The standard InChI is InChI=1S/C16H16N2O3/c19-13-2-1-3-14(20)15(13)16(21)18-12-5-4-10-6-7-17-9-11(10)8-12/h1-5,8,17,19-20H,6-7,9H2,(H,18,21). The quantitative estimate of drug-likeness (QED) is 0.680. The van der Waals surface area contributed by atoms with Crippen LogP contribution in [-0.4, -0.2) is 22.7 Å². The first-order valence-electron chi connectivity index (χ1n) is 6.80. The van der Waals surface area contributed by atoms with Gasteiger partial charge in [0.1, 0.15) is 17.1 Å². The molecule has 0 atom stereocenters. The fourth-order valence-corrected chi connectivity index (χ4v) is 2.51. The summed E-state index contributed by atoms with van der Waals surface area (Å²) in [7, 11) is 0. The maximum Gasteiger partial charge on any atom is 0.263 e. The van der Waals surface area contributed by atoms with Gasteiger partial charge in [-0.05, 0) is 48.4 Å². The molecule has 0 bridgehead atoms. The van der Waals surface area contributed by atoms with Crippen molar-refractivity contribution in [3.05, 3.63) is 53.1 Å². The van der Waals surface area contributed by atoms with Gasteiger partial charge in [-0.15, -0.1) is 0 Å². The molecule has 0 fully saturated rings. The monoisotopic (exact) mass is 284 g/mol. The minimum atomic E-state index is -0.533. The molecule has 2 aromatic carbocycles. The molecule has 1 heterocycles. The minimum absolute atomic E-state index is 0.117. The largest absolute Gasteiger partial charge is 0.507 e. The molecule has 1 amide bonds. The van der Waals surface area contributed by atoms with Gasteiger partial charge in [-0.3, -0.25) is 4.79 Å². The van der Waals surface area contributed by atoms with Gasteiger partial charge in [-0.2, -0.15) is 0 Å². The van der Waals surface area contributed by atoms with Crippen molar-refractivity contribution in [2.45, 2.75) is 13.0 Å². The van der Waals surface area contributed by atoms with Crippen LogP contribution in [0.15, 0.2) is 36.4 Å². The number of benzene rings is 2. The first-order valence-corrected chi connectivity index (χ1v) is 6.80. The van der Waals surface area contributed by atoms with Gasteiger partial charge in [0.25, 0.3) is 5.91 Å². The Morgan fingerprint density at radius 3 is 2.62 bits per heavy atom. The number of hydrogen-bond acceptors (Lipinski definition) is 4. The molecule has 3 rings (SSSR count). The summed E-state index contributed by atoms with van der Waals surface area (Å²) in [5.41, 5.74) is 2.95. The summed E-state index contributed by atoms with van der Waals surface area (Å²) in [4.78, 5) is 12.2. The fourth-order valence-electron chi connectivity index (χ4n) is 2.51. The predicted octanol–water partition coefficient (Wildman–Crippen LogP) is 2.00. The fraction of sp³-hybridized carbons (Fsp3) is 0.188. The van der Waals surface area contributed by atoms with E-state index in [1.165, 1.54) is 23.8 Å². The molecule has 0 spiro atoms. The number of hydrogen-bond donors (Lipinski definition) is 4. The number of nitrogens with one attached hydrogen (secondary N) is 2. The first-order chi connectivity index (χ1) is 10.1. The van der Waals surface area contributed by atoms with Crippen molar-refractivity contribution in [2.24, 2.45) is 0 Å². The van der Waals surface area contributed by atoms with E-state index in [0.29, 0.717) is 5.69 Å². The summed E-state index contributed by atoms with van der Waals surface area (Å²) < 4.78 is 0. The average Bonchev–Trinajstić information content (AvgIpc) is 2.47. The van der Waals surface area contributed by atoms with Gasteiger partial charge < -0.3 is 20.8 Å². The molecule has 0 saturated heterocycles. The van der Waals surface area contributed by atoms with Crippen molar-refractivity contribution < 1.29 is 15.0 Å². The van der Waals surface area contributed by atoms with Crippen LogP contribution in [0.4, 0.5) is 5.69 Å². The first kappa shape index (κ1) is 13.5. The Kier molecular flexibility index (Phi) is 3.50. The van der Waals surface area contributed by atoms with Crippen LogP contribution in [0.2, 0.25) is 0 Å². The molecule has 108 valence electrons. The van der Waals surface area contributed by atoms with E-state index < -0.39 is 5.91 Å². The van der Waals surface area contributed by atoms with Gasteiger partial charge in [0.15, 0.2) is 0 Å². The molecule has 0 saturated carbocycles. The second-order valence-electron chi connectivity index (χ2n) is 5.04. The second-order valence-corrected chi connectivity index (χ2v) is 5.04. The van der Waals surface area contributed by atoms with Gasteiger partial charge in [0.05, 0.1) is 0 Å². The average molecular weight is 284 g/mol. The number of rotatable bonds is 2. The van der Waals surface area contributed by atoms with Crippen LogP contribution in [-0.2, 0) is 13.0 Å². The lowest BCUT2D eigenvalue weighted by molar-refractivity contribution is 0.102. The Hall–Kier alpha value is -2.53. The summed E-state index contributed by atoms with van der Waals surface area (Å²) in [6, 6.07) is 9.95. The van der Waals surface area contributed by atoms with Crippen LogP contribution in [0.1, 0.15) is 21.5 Å². The lowest BCUT2D eigenvalue weighted by atomic mass is 10.0. The van der Waals surface area contributed by atoms with Crippen LogP contribution in [0, 0.1) is 0 Å². The molecule has 1 aliphatic rings. The van der Waals surface area contributed by atoms with E-state index in [9.17, 15) is 15.0 Å². The van der Waals surface area contributed by atoms with Crippen LogP contribution >= 0.6 is 0 Å². The van der Waals surface area contributed by atoms with Gasteiger partial charge in [-0.1, -0.05) is 12.1 Å². The normalized spacial score (nSPS) is 13.5. The smallest absolute Gasteiger partial charge is 0.263 e. The van der Waals surface area contributed by atoms with Crippen molar-refractivity contribution in [3.8, 4) is 11.5 Å². The van der Waals surface area contributed by atoms with Crippen LogP contribution < -0.4 is 10.6 Å². The van der Waals surface area contributed by atoms with E-state index in [0.717, 1.165) is 25.1 Å². The lowest BCUT2D eigenvalue weighted by Crippen LogP contribution is -2.23. The molecule has 2 aromatic rings. The van der Waals surface area contributed by atoms with Crippen molar-refractivity contribution >= 4 is 11.6 Å². The second kappa shape index (κ2) is 5.46. The number of aromatic hydroxyl groups is 2. The number of phenols is 2. The van der Waals surface area contributed by atoms with Crippen LogP contribution in [0.25, 0.3) is 0 Å². The number of carbonyl (C=O) groups is 1. The van der Waals surface area contributed by atoms with Crippen molar-refractivity contribution in [1.82, 2.24) is 5.32 Å². The zero-order valence-electron chi connectivity index (χ0n) is 11.4. The Morgan fingerprint density at radius 1 is 1.10 bits per heavy atom. The van der Waals surface area contributed by atoms with Gasteiger partial charge in [0, 0.05) is 12.2 Å². The highest BCUT2D eigenvalue weighted by atomic mass is 16.3. The Balaban J connectivity index is 1.85. The molecule has 5 heteroatoms. The number of fused-ring (bicyclic) bond motifs is 1. The van der Waals surface area contributed by atoms with Gasteiger partial charge >= 0.3 is 0 Å². The number of anilines is 1. The molecule has 5 nitrogen and oxygen atoms in total. The van der Waals surface area contributed by atoms with Crippen molar-refractivity contribution in [2.75, 3.05) is 11.9 Å². The molecule has 21 heavy (non-hydrogen) atoms. The minimum Gasteiger partial charge on any atom is -0.507 e. The molecule has 0 unspecified atom stereocenters. The van der Waals surface area contributed by atoms with E-state index in [-0.39, 0.29) is 17.1 Å². The van der Waals surface area contributed by atoms with Gasteiger partial charge in [0.2, 0.25) is 0 Å². The predicted molar refractivity (Wildman–Crippen MR) is 79.6 cm³/mol. The molecule has 0 aliphatic carbocycles. The highest BCUT2D eigenvalue weighted by Crippen LogP contribution is 2.27. The molecule has 4 N–H and O–H groups in total. The SMILES string of the molecule is O=C(Nc1ccc2c(c1)CNCC2)c1c(O)cccc1O. The van der Waals surface area contributed by atoms with E-state index in [1.807, 2.05) is 18.2 Å². The zero-order valence-corrected chi connectivity index (χ0v) is 11.4. The van der Waals surface area contributed by atoms with Crippen molar-refractivity contribution in [3.63, 3.8) is 0 Å². The summed E-state index contributed by atoms with van der Waals surface area (Å²) in [5.74, 6) is -1.02. The van der Waals surface area contributed by atoms with E-state index in [1.54, 1.807) is 0 Å². The van der Waals surface area contributed by atoms with E-state index >= 15 is 0 Å². The van der Waals surface area contributed by atoms with E-state index in [2.05, 4.69) is 10.6 Å². The van der Waals surface area contributed by atoms with Gasteiger partial charge in [-0.25, -0.2) is 0 Å². The maximum atomic E-state index is 12.2. The number of amides is 1. The third-order valence-electron chi connectivity index (χ3n) is 3.60. The Labute approximate surface area is 122 Å². The van der Waals surface area contributed by atoms with Crippen LogP contribution in [0.5, 0.6) is 11.5 Å². The zero-order chi connectivity index (χ0) is 14.8. The third kappa shape index (κ3) is 2.68. The highest BCUT2D eigenvalue weighted by Gasteiger charge is 2.17. The molecule has 0 aromatic heterocycles. The summed E-state index contributed by atoms with van der Waals surface area (Å²) in [5, 5.41) is 25.4. The van der Waals surface area contributed by atoms with Crippen molar-refractivity contribution in [1.29, 1.82) is 0 Å². The number of phenolic OH excluding ortho intramolecular Hbond substituents is 2. The molecular formula is C16H16N2O3. The molecular weight excluding hydrogens is 268 g/mol. The number of carbonyl (C=O) groups excluding carboxylic acids is 1. The maximum absolute atomic E-state index is 12.2. The lowest BCUT2D eigenvalue weighted by Gasteiger charge is -2.18.